The Labute approximate surface area is 123 Å². The molecule has 0 rings (SSSR count). The Bertz CT molecular complexity index is 250. The zero-order valence-electron chi connectivity index (χ0n) is 13.6. The number of nitrogens with zero attached hydrogens (tertiary/aromatic N) is 2. The maximum Gasteiger partial charge on any atom is 0.220 e. The molecule has 0 atom stereocenters. The van der Waals surface area contributed by atoms with Gasteiger partial charge in [-0.2, -0.15) is 0 Å². The maximum atomic E-state index is 11.6. The third-order valence-corrected chi connectivity index (χ3v) is 3.05. The molecule has 0 fully saturated rings. The predicted molar refractivity (Wildman–Crippen MR) is 82.8 cm³/mol. The maximum absolute atomic E-state index is 11.6. The van der Waals surface area contributed by atoms with Crippen LogP contribution >= 0.6 is 0 Å². The van der Waals surface area contributed by atoms with E-state index in [1.807, 2.05) is 28.2 Å². The number of rotatable bonds is 12. The molecule has 0 unspecified atom stereocenters. The highest BCUT2D eigenvalue weighted by Crippen LogP contribution is 2.02. The summed E-state index contributed by atoms with van der Waals surface area (Å²) in [6.07, 6.45) is 4.20. The van der Waals surface area contributed by atoms with Crippen LogP contribution in [0.4, 0.5) is 0 Å². The van der Waals surface area contributed by atoms with Crippen LogP contribution in [0, 0.1) is 0 Å². The van der Waals surface area contributed by atoms with Crippen molar-refractivity contribution in [1.29, 1.82) is 0 Å². The molecule has 0 aliphatic carbocycles. The van der Waals surface area contributed by atoms with Gasteiger partial charge in [0.2, 0.25) is 5.91 Å². The van der Waals surface area contributed by atoms with Crippen molar-refractivity contribution >= 4 is 11.7 Å². The van der Waals surface area contributed by atoms with Crippen molar-refractivity contribution < 1.29 is 9.59 Å². The molecule has 1 amide bonds. The van der Waals surface area contributed by atoms with E-state index < -0.39 is 0 Å². The normalized spacial score (nSPS) is 11.1. The van der Waals surface area contributed by atoms with Crippen LogP contribution in [0.3, 0.4) is 0 Å². The van der Waals surface area contributed by atoms with E-state index in [0.29, 0.717) is 25.8 Å². The van der Waals surface area contributed by atoms with Gasteiger partial charge < -0.3 is 15.1 Å². The zero-order valence-corrected chi connectivity index (χ0v) is 13.6. The fourth-order valence-corrected chi connectivity index (χ4v) is 1.84. The van der Waals surface area contributed by atoms with Crippen LogP contribution < -0.4 is 5.32 Å². The molecule has 0 aromatic carbocycles. The van der Waals surface area contributed by atoms with Gasteiger partial charge in [-0.3, -0.25) is 9.59 Å². The molecular weight excluding hydrogens is 254 g/mol. The largest absolute Gasteiger partial charge is 0.356 e. The minimum atomic E-state index is -0.00889. The molecule has 5 nitrogen and oxygen atoms in total. The highest BCUT2D eigenvalue weighted by atomic mass is 16.2. The van der Waals surface area contributed by atoms with E-state index in [4.69, 9.17) is 0 Å². The number of unbranched alkanes of at least 4 members (excludes halogenated alkanes) is 1. The SMILES string of the molecule is CN(C)CCCCC(=O)CCC(=O)NCCCN(C)C. The summed E-state index contributed by atoms with van der Waals surface area (Å²) in [6.45, 7) is 2.67. The van der Waals surface area contributed by atoms with E-state index in [2.05, 4.69) is 15.1 Å². The van der Waals surface area contributed by atoms with Gasteiger partial charge in [0.15, 0.2) is 0 Å². The van der Waals surface area contributed by atoms with E-state index in [1.54, 1.807) is 0 Å². The summed E-state index contributed by atoms with van der Waals surface area (Å²) in [5.41, 5.74) is 0. The summed E-state index contributed by atoms with van der Waals surface area (Å²) in [6, 6.07) is 0. The highest BCUT2D eigenvalue weighted by molar-refractivity contribution is 5.84. The van der Waals surface area contributed by atoms with Crippen LogP contribution in [0.5, 0.6) is 0 Å². The third kappa shape index (κ3) is 13.5. The standard InChI is InChI=1S/C15H31N3O2/c1-17(2)12-6-5-8-14(19)9-10-15(20)16-11-7-13-18(3)4/h5-13H2,1-4H3,(H,16,20). The molecule has 0 aromatic heterocycles. The van der Waals surface area contributed by atoms with Crippen molar-refractivity contribution in [2.24, 2.45) is 0 Å². The lowest BCUT2D eigenvalue weighted by Gasteiger charge is -2.10. The number of ketones is 1. The lowest BCUT2D eigenvalue weighted by molar-refractivity contribution is -0.125. The molecule has 0 saturated carbocycles. The first kappa shape index (κ1) is 19.1. The third-order valence-electron chi connectivity index (χ3n) is 3.05. The quantitative estimate of drug-likeness (QED) is 0.546. The minimum absolute atomic E-state index is 0.00889. The van der Waals surface area contributed by atoms with E-state index >= 15 is 0 Å². The Morgan fingerprint density at radius 1 is 0.800 bits per heavy atom. The van der Waals surface area contributed by atoms with Crippen LogP contribution in [0.25, 0.3) is 0 Å². The first-order valence-electron chi connectivity index (χ1n) is 7.49. The van der Waals surface area contributed by atoms with E-state index in [9.17, 15) is 9.59 Å². The molecular formula is C15H31N3O2. The van der Waals surface area contributed by atoms with Crippen LogP contribution in [-0.4, -0.2) is 69.3 Å². The van der Waals surface area contributed by atoms with Gasteiger partial charge in [-0.15, -0.1) is 0 Å². The summed E-state index contributed by atoms with van der Waals surface area (Å²) >= 11 is 0. The van der Waals surface area contributed by atoms with Gasteiger partial charge in [0.25, 0.3) is 0 Å². The van der Waals surface area contributed by atoms with Gasteiger partial charge in [0.1, 0.15) is 5.78 Å². The lowest BCUT2D eigenvalue weighted by Crippen LogP contribution is -2.27. The van der Waals surface area contributed by atoms with Gasteiger partial charge in [0.05, 0.1) is 0 Å². The zero-order chi connectivity index (χ0) is 15.4. The molecule has 5 heteroatoms. The lowest BCUT2D eigenvalue weighted by atomic mass is 10.1. The monoisotopic (exact) mass is 285 g/mol. The van der Waals surface area contributed by atoms with Crippen LogP contribution in [-0.2, 0) is 9.59 Å². The molecule has 1 N–H and O–H groups in total. The van der Waals surface area contributed by atoms with Crippen LogP contribution in [0.15, 0.2) is 0 Å². The van der Waals surface area contributed by atoms with Crippen LogP contribution in [0.1, 0.15) is 38.5 Å². The molecule has 0 heterocycles. The van der Waals surface area contributed by atoms with Crippen molar-refractivity contribution in [3.63, 3.8) is 0 Å². The highest BCUT2D eigenvalue weighted by Gasteiger charge is 2.06. The number of carbonyl (C=O) groups is 2. The average molecular weight is 285 g/mol. The van der Waals surface area contributed by atoms with Crippen molar-refractivity contribution in [1.82, 2.24) is 15.1 Å². The van der Waals surface area contributed by atoms with Gasteiger partial charge in [0, 0.05) is 25.8 Å². The Morgan fingerprint density at radius 3 is 2.00 bits per heavy atom. The predicted octanol–water partition coefficient (Wildman–Crippen LogP) is 1.14. The fourth-order valence-electron chi connectivity index (χ4n) is 1.84. The smallest absolute Gasteiger partial charge is 0.220 e. The molecule has 0 aromatic rings. The van der Waals surface area contributed by atoms with E-state index in [0.717, 1.165) is 32.4 Å². The van der Waals surface area contributed by atoms with Gasteiger partial charge in [-0.1, -0.05) is 0 Å². The van der Waals surface area contributed by atoms with Crippen LogP contribution in [0.2, 0.25) is 0 Å². The van der Waals surface area contributed by atoms with Gasteiger partial charge >= 0.3 is 0 Å². The minimum Gasteiger partial charge on any atom is -0.356 e. The number of Topliss-reactive ketones (excluding diaryl/α,β-unsaturated/α-hetero) is 1. The summed E-state index contributed by atoms with van der Waals surface area (Å²) < 4.78 is 0. The summed E-state index contributed by atoms with van der Waals surface area (Å²) in [7, 11) is 8.08. The molecule has 118 valence electrons. The molecule has 0 aliphatic rings. The van der Waals surface area contributed by atoms with Crippen molar-refractivity contribution in [2.45, 2.75) is 38.5 Å². The molecule has 0 saturated heterocycles. The molecule has 0 bridgehead atoms. The second-order valence-corrected chi connectivity index (χ2v) is 5.81. The average Bonchev–Trinajstić information content (AvgIpc) is 2.37. The number of carbonyl (C=O) groups excluding carboxylic acids is 2. The number of amides is 1. The molecule has 0 aliphatic heterocycles. The summed E-state index contributed by atoms with van der Waals surface area (Å²) in [5.74, 6) is 0.192. The van der Waals surface area contributed by atoms with E-state index in [-0.39, 0.29) is 11.7 Å². The Balaban J connectivity index is 3.46. The number of hydrogen-bond acceptors (Lipinski definition) is 4. The van der Waals surface area contributed by atoms with Gasteiger partial charge in [-0.25, -0.2) is 0 Å². The first-order chi connectivity index (χ1) is 9.41. The number of hydrogen-bond donors (Lipinski definition) is 1. The summed E-state index contributed by atoms with van der Waals surface area (Å²) in [4.78, 5) is 27.3. The Kier molecular flexibility index (Phi) is 11.3. The number of nitrogens with one attached hydrogen (secondary N) is 1. The fraction of sp³-hybridized carbons (Fsp3) is 0.867. The first-order valence-corrected chi connectivity index (χ1v) is 7.49. The van der Waals surface area contributed by atoms with E-state index in [1.165, 1.54) is 0 Å². The molecule has 0 radical (unpaired) electrons. The molecule has 0 spiro atoms. The molecule has 20 heavy (non-hydrogen) atoms. The van der Waals surface area contributed by atoms with Crippen molar-refractivity contribution in [3.8, 4) is 0 Å². The Morgan fingerprint density at radius 2 is 1.40 bits per heavy atom. The van der Waals surface area contributed by atoms with Crippen molar-refractivity contribution in [2.75, 3.05) is 47.8 Å². The Hall–Kier alpha value is -0.940. The second kappa shape index (κ2) is 11.9. The van der Waals surface area contributed by atoms with Crippen molar-refractivity contribution in [3.05, 3.63) is 0 Å². The summed E-state index contributed by atoms with van der Waals surface area (Å²) in [5, 5.41) is 2.85. The van der Waals surface area contributed by atoms with Gasteiger partial charge in [-0.05, 0) is 60.5 Å². The second-order valence-electron chi connectivity index (χ2n) is 5.81. The topological polar surface area (TPSA) is 52.7 Å².